The van der Waals surface area contributed by atoms with Gasteiger partial charge in [0.05, 0.1) is 0 Å². The highest BCUT2D eigenvalue weighted by Gasteiger charge is 2.12. The van der Waals surface area contributed by atoms with Crippen molar-refractivity contribution in [3.05, 3.63) is 72.3 Å². The molecule has 0 amide bonds. The fraction of sp³-hybridized carbons (Fsp3) is 0.263. The highest BCUT2D eigenvalue weighted by Crippen LogP contribution is 2.26. The second-order valence-corrected chi connectivity index (χ2v) is 6.02. The molecular formula is C19H22. The van der Waals surface area contributed by atoms with Crippen LogP contribution in [0.5, 0.6) is 0 Å². The molecule has 0 heterocycles. The van der Waals surface area contributed by atoms with E-state index in [-0.39, 0.29) is 5.41 Å². The van der Waals surface area contributed by atoms with Crippen molar-refractivity contribution in [2.75, 3.05) is 0 Å². The summed E-state index contributed by atoms with van der Waals surface area (Å²) in [7, 11) is 0. The molecule has 0 aromatic heterocycles. The second-order valence-electron chi connectivity index (χ2n) is 6.02. The van der Waals surface area contributed by atoms with Crippen LogP contribution in [-0.4, -0.2) is 0 Å². The molecule has 2 aromatic carbocycles. The van der Waals surface area contributed by atoms with Gasteiger partial charge in [0, 0.05) is 0 Å². The first-order valence-corrected chi connectivity index (χ1v) is 6.81. The highest BCUT2D eigenvalue weighted by molar-refractivity contribution is 5.64. The van der Waals surface area contributed by atoms with Crippen LogP contribution in [0.25, 0.3) is 11.1 Å². The van der Waals surface area contributed by atoms with Crippen molar-refractivity contribution in [1.82, 2.24) is 0 Å². The van der Waals surface area contributed by atoms with E-state index in [2.05, 4.69) is 75.9 Å². The van der Waals surface area contributed by atoms with E-state index in [0.717, 1.165) is 6.42 Å². The molecule has 0 N–H and O–H groups in total. The van der Waals surface area contributed by atoms with E-state index in [0.29, 0.717) is 0 Å². The summed E-state index contributed by atoms with van der Waals surface area (Å²) in [6, 6.07) is 17.6. The zero-order valence-electron chi connectivity index (χ0n) is 12.1. The third-order valence-corrected chi connectivity index (χ3v) is 3.42. The number of allylic oxidation sites excluding steroid dienone is 1. The summed E-state index contributed by atoms with van der Waals surface area (Å²) in [5.74, 6) is 0. The van der Waals surface area contributed by atoms with E-state index in [1.54, 1.807) is 0 Å². The van der Waals surface area contributed by atoms with Crippen LogP contribution in [0.4, 0.5) is 0 Å². The fourth-order valence-corrected chi connectivity index (χ4v) is 2.16. The van der Waals surface area contributed by atoms with Crippen LogP contribution in [0.3, 0.4) is 0 Å². The van der Waals surface area contributed by atoms with Crippen molar-refractivity contribution in [2.45, 2.75) is 32.6 Å². The number of rotatable bonds is 3. The summed E-state index contributed by atoms with van der Waals surface area (Å²) in [6.07, 6.45) is 2.87. The van der Waals surface area contributed by atoms with Gasteiger partial charge in [0.1, 0.15) is 0 Å². The van der Waals surface area contributed by atoms with E-state index in [1.165, 1.54) is 22.3 Å². The molecule has 0 aliphatic carbocycles. The van der Waals surface area contributed by atoms with E-state index in [4.69, 9.17) is 0 Å². The van der Waals surface area contributed by atoms with Gasteiger partial charge in [-0.2, -0.15) is 0 Å². The number of benzene rings is 2. The maximum atomic E-state index is 3.77. The molecule has 19 heavy (non-hydrogen) atoms. The van der Waals surface area contributed by atoms with Gasteiger partial charge in [-0.1, -0.05) is 75.4 Å². The molecule has 0 bridgehead atoms. The average Bonchev–Trinajstić information content (AvgIpc) is 2.39. The fourth-order valence-electron chi connectivity index (χ4n) is 2.16. The van der Waals surface area contributed by atoms with Crippen LogP contribution in [0.1, 0.15) is 31.9 Å². The van der Waals surface area contributed by atoms with E-state index >= 15 is 0 Å². The van der Waals surface area contributed by atoms with Crippen molar-refractivity contribution < 1.29 is 0 Å². The Morgan fingerprint density at radius 3 is 1.74 bits per heavy atom. The van der Waals surface area contributed by atoms with Gasteiger partial charge in [-0.05, 0) is 34.1 Å². The van der Waals surface area contributed by atoms with Gasteiger partial charge < -0.3 is 0 Å². The molecule has 0 aliphatic rings. The summed E-state index contributed by atoms with van der Waals surface area (Å²) >= 11 is 0. The Morgan fingerprint density at radius 1 is 0.842 bits per heavy atom. The van der Waals surface area contributed by atoms with Crippen LogP contribution in [0.2, 0.25) is 0 Å². The zero-order valence-corrected chi connectivity index (χ0v) is 12.1. The largest absolute Gasteiger partial charge is 0.103 e. The molecule has 2 rings (SSSR count). The number of hydrogen-bond acceptors (Lipinski definition) is 0. The summed E-state index contributed by atoms with van der Waals surface area (Å²) in [4.78, 5) is 0. The van der Waals surface area contributed by atoms with Gasteiger partial charge in [0.25, 0.3) is 0 Å². The lowest BCUT2D eigenvalue weighted by atomic mass is 9.86. The molecule has 0 nitrogen and oxygen atoms in total. The van der Waals surface area contributed by atoms with Gasteiger partial charge in [-0.3, -0.25) is 0 Å². The van der Waals surface area contributed by atoms with Crippen molar-refractivity contribution in [3.8, 4) is 11.1 Å². The normalized spacial score (nSPS) is 11.3. The Morgan fingerprint density at radius 2 is 1.32 bits per heavy atom. The highest BCUT2D eigenvalue weighted by atomic mass is 14.2. The summed E-state index contributed by atoms with van der Waals surface area (Å²) in [5, 5.41) is 0. The molecule has 0 saturated carbocycles. The minimum Gasteiger partial charge on any atom is -0.103 e. The van der Waals surface area contributed by atoms with Crippen LogP contribution in [0.15, 0.2) is 61.2 Å². The van der Waals surface area contributed by atoms with Crippen LogP contribution < -0.4 is 0 Å². The maximum Gasteiger partial charge on any atom is -0.0100 e. The van der Waals surface area contributed by atoms with Crippen LogP contribution >= 0.6 is 0 Å². The molecule has 0 aliphatic heterocycles. The molecule has 0 heteroatoms. The summed E-state index contributed by atoms with van der Waals surface area (Å²) < 4.78 is 0. The van der Waals surface area contributed by atoms with Crippen molar-refractivity contribution in [3.63, 3.8) is 0 Å². The molecule has 0 saturated heterocycles. The molecule has 0 spiro atoms. The van der Waals surface area contributed by atoms with Gasteiger partial charge in [-0.25, -0.2) is 0 Å². The lowest BCUT2D eigenvalue weighted by Crippen LogP contribution is -2.10. The minimum absolute atomic E-state index is 0.215. The van der Waals surface area contributed by atoms with E-state index in [1.807, 2.05) is 6.08 Å². The van der Waals surface area contributed by atoms with Gasteiger partial charge >= 0.3 is 0 Å². The van der Waals surface area contributed by atoms with Crippen molar-refractivity contribution >= 4 is 0 Å². The Hall–Kier alpha value is -1.82. The molecular weight excluding hydrogens is 228 g/mol. The third kappa shape index (κ3) is 3.35. The SMILES string of the molecule is C=CCc1ccc(-c2ccc(C(C)(C)C)cc2)cc1. The van der Waals surface area contributed by atoms with Crippen LogP contribution in [0, 0.1) is 0 Å². The van der Waals surface area contributed by atoms with E-state index in [9.17, 15) is 0 Å². The minimum atomic E-state index is 0.215. The molecule has 0 fully saturated rings. The lowest BCUT2D eigenvalue weighted by molar-refractivity contribution is 0.590. The quantitative estimate of drug-likeness (QED) is 0.642. The monoisotopic (exact) mass is 250 g/mol. The Bertz CT molecular complexity index is 536. The first-order valence-electron chi connectivity index (χ1n) is 6.81. The lowest BCUT2D eigenvalue weighted by Gasteiger charge is -2.19. The van der Waals surface area contributed by atoms with Crippen molar-refractivity contribution in [1.29, 1.82) is 0 Å². The average molecular weight is 250 g/mol. The summed E-state index contributed by atoms with van der Waals surface area (Å²) in [5.41, 5.74) is 5.45. The zero-order chi connectivity index (χ0) is 13.9. The van der Waals surface area contributed by atoms with Gasteiger partial charge in [-0.15, -0.1) is 6.58 Å². The maximum absolute atomic E-state index is 3.77. The van der Waals surface area contributed by atoms with Crippen LogP contribution in [-0.2, 0) is 11.8 Å². The smallest absolute Gasteiger partial charge is 0.0100 e. The molecule has 2 aromatic rings. The standard InChI is InChI=1S/C19H22/c1-5-6-15-7-9-16(10-8-15)17-11-13-18(14-12-17)19(2,3)4/h5,7-14H,1,6H2,2-4H3. The predicted molar refractivity (Wildman–Crippen MR) is 84.5 cm³/mol. The molecule has 0 unspecified atom stereocenters. The first kappa shape index (κ1) is 13.6. The summed E-state index contributed by atoms with van der Waals surface area (Å²) in [6.45, 7) is 10.5. The predicted octanol–water partition coefficient (Wildman–Crippen LogP) is 5.38. The Balaban J connectivity index is 2.24. The molecule has 0 atom stereocenters. The first-order chi connectivity index (χ1) is 9.00. The number of hydrogen-bond donors (Lipinski definition) is 0. The Kier molecular flexibility index (Phi) is 3.90. The third-order valence-electron chi connectivity index (χ3n) is 3.42. The van der Waals surface area contributed by atoms with E-state index < -0.39 is 0 Å². The van der Waals surface area contributed by atoms with Gasteiger partial charge in [0.2, 0.25) is 0 Å². The molecule has 0 radical (unpaired) electrons. The van der Waals surface area contributed by atoms with Gasteiger partial charge in [0.15, 0.2) is 0 Å². The molecule has 98 valence electrons. The van der Waals surface area contributed by atoms with Crippen molar-refractivity contribution in [2.24, 2.45) is 0 Å². The topological polar surface area (TPSA) is 0 Å². The second kappa shape index (κ2) is 5.44. The Labute approximate surface area is 116 Å².